The molecule has 38 heavy (non-hydrogen) atoms. The van der Waals surface area contributed by atoms with Crippen molar-refractivity contribution in [2.45, 2.75) is 68.4 Å². The van der Waals surface area contributed by atoms with Gasteiger partial charge in [0.05, 0.1) is 24.5 Å². The molecule has 2 aromatic heterocycles. The van der Waals surface area contributed by atoms with Crippen LogP contribution in [-0.4, -0.2) is 60.0 Å². The molecule has 2 aromatic rings. The molecule has 1 unspecified atom stereocenters. The Morgan fingerprint density at radius 3 is 2.39 bits per heavy atom. The summed E-state index contributed by atoms with van der Waals surface area (Å²) in [6, 6.07) is 2.02. The lowest BCUT2D eigenvalue weighted by Crippen LogP contribution is -2.46. The second-order valence-electron chi connectivity index (χ2n) is 8.87. The zero-order valence-corrected chi connectivity index (χ0v) is 26.6. The molecule has 0 saturated carbocycles. The van der Waals surface area contributed by atoms with Crippen molar-refractivity contribution in [1.29, 1.82) is 0 Å². The maximum absolute atomic E-state index is 12.9. The van der Waals surface area contributed by atoms with Crippen molar-refractivity contribution in [2.75, 3.05) is 43.4 Å². The van der Waals surface area contributed by atoms with Crippen LogP contribution < -0.4 is 10.6 Å². The summed E-state index contributed by atoms with van der Waals surface area (Å²) >= 11 is 2.33. The Morgan fingerprint density at radius 2 is 1.84 bits per heavy atom. The minimum Gasteiger partial charge on any atom is -0.511 e. The average molecular weight is 587 g/mol. The van der Waals surface area contributed by atoms with Crippen molar-refractivity contribution in [3.63, 3.8) is 0 Å². The van der Waals surface area contributed by atoms with Gasteiger partial charge in [0, 0.05) is 32.4 Å². The van der Waals surface area contributed by atoms with Crippen molar-refractivity contribution >= 4 is 46.1 Å². The smallest absolute Gasteiger partial charge is 0.188 e. The normalized spacial score (nSPS) is 15.8. The largest absolute Gasteiger partial charge is 0.511 e. The number of nitrogens with one attached hydrogen (secondary N) is 2. The predicted octanol–water partition coefficient (Wildman–Crippen LogP) is 6.66. The number of likely N-dealkylation sites (N-methyl/N-ethyl adjacent to an activating group) is 1. The summed E-state index contributed by atoms with van der Waals surface area (Å²) in [4.78, 5) is 2.32. The summed E-state index contributed by atoms with van der Waals surface area (Å²) < 4.78 is 29.3. The predicted molar refractivity (Wildman–Crippen MR) is 165 cm³/mol. The standard InChI is InChI=1S/C20H30N6O3S3.C4H10.C2H6/c1-4-16-12-17(29-14-16)13-22-19-18(23-31-24-19)21-6-11-30-20(15(3)27)32(28)26-9-7-25(5-2)8-10-26;1-4(2)3;1-2/h6,11-12,14,27H,4-5,7-10,13H2,1-3H3,(H,21,23)(H,22,24);4H,1-3H3;1-2H3/b11-6+,20-15-;;. The number of allylic oxidation sites excluding steroid dienone is 1. The van der Waals surface area contributed by atoms with E-state index in [0.717, 1.165) is 55.0 Å². The minimum absolute atomic E-state index is 0.0680. The number of furan rings is 1. The fourth-order valence-electron chi connectivity index (χ4n) is 3.06. The van der Waals surface area contributed by atoms with Crippen LogP contribution in [0.3, 0.4) is 0 Å². The molecule has 1 atom stereocenters. The second kappa shape index (κ2) is 19.2. The third kappa shape index (κ3) is 12.3. The molecule has 1 aliphatic heterocycles. The molecule has 216 valence electrons. The molecule has 0 radical (unpaired) electrons. The third-order valence-electron chi connectivity index (χ3n) is 4.97. The van der Waals surface area contributed by atoms with Gasteiger partial charge in [0.2, 0.25) is 0 Å². The number of aryl methyl sites for hydroxylation is 1. The van der Waals surface area contributed by atoms with Gasteiger partial charge in [0.25, 0.3) is 0 Å². The number of hydrogen-bond acceptors (Lipinski definition) is 10. The lowest BCUT2D eigenvalue weighted by molar-refractivity contribution is 0.201. The van der Waals surface area contributed by atoms with E-state index >= 15 is 0 Å². The number of aliphatic hydroxyl groups excluding tert-OH is 1. The molecule has 1 saturated heterocycles. The zero-order chi connectivity index (χ0) is 28.5. The second-order valence-corrected chi connectivity index (χ2v) is 12.0. The van der Waals surface area contributed by atoms with Crippen LogP contribution in [0.15, 0.2) is 38.4 Å². The van der Waals surface area contributed by atoms with Gasteiger partial charge in [0.15, 0.2) is 11.6 Å². The van der Waals surface area contributed by atoms with Crippen LogP contribution in [0.2, 0.25) is 0 Å². The zero-order valence-electron chi connectivity index (χ0n) is 24.1. The number of rotatable bonds is 11. The first kappa shape index (κ1) is 34.2. The number of hydrogen-bond donors (Lipinski definition) is 3. The highest BCUT2D eigenvalue weighted by atomic mass is 32.2. The van der Waals surface area contributed by atoms with Crippen LogP contribution in [-0.2, 0) is 24.0 Å². The van der Waals surface area contributed by atoms with Gasteiger partial charge in [-0.05, 0) is 42.8 Å². The Morgan fingerprint density at radius 1 is 1.21 bits per heavy atom. The molecule has 0 aliphatic carbocycles. The number of piperazine rings is 1. The number of anilines is 2. The number of aromatic nitrogens is 2. The number of thioether (sulfide) groups is 1. The SMILES string of the molecule is CC.CC(C)C.CCc1coc(CNc2nsnc2N/C=C/S/C(=C(\C)O)S(=O)N2CCN(CC)CC2)c1. The molecule has 3 N–H and O–H groups in total. The Bertz CT molecular complexity index is 991. The number of aliphatic hydroxyl groups is 1. The monoisotopic (exact) mass is 586 g/mol. The van der Waals surface area contributed by atoms with Crippen LogP contribution in [0.4, 0.5) is 11.6 Å². The van der Waals surface area contributed by atoms with Crippen molar-refractivity contribution in [3.8, 4) is 0 Å². The Balaban J connectivity index is 0.00000110. The summed E-state index contributed by atoms with van der Waals surface area (Å²) in [5.74, 6) is 2.96. The Kier molecular flexibility index (Phi) is 17.3. The van der Waals surface area contributed by atoms with Crippen LogP contribution >= 0.6 is 23.5 Å². The van der Waals surface area contributed by atoms with E-state index in [9.17, 15) is 9.32 Å². The van der Waals surface area contributed by atoms with Gasteiger partial charge in [-0.1, -0.05) is 60.2 Å². The maximum Gasteiger partial charge on any atom is 0.188 e. The molecular weight excluding hydrogens is 541 g/mol. The maximum atomic E-state index is 12.9. The van der Waals surface area contributed by atoms with Gasteiger partial charge in [-0.15, -0.1) is 0 Å². The van der Waals surface area contributed by atoms with E-state index in [1.165, 1.54) is 11.8 Å². The highest BCUT2D eigenvalue weighted by molar-refractivity contribution is 8.17. The summed E-state index contributed by atoms with van der Waals surface area (Å²) in [6.07, 6.45) is 4.39. The van der Waals surface area contributed by atoms with E-state index < -0.39 is 11.0 Å². The van der Waals surface area contributed by atoms with Gasteiger partial charge in [-0.3, -0.25) is 0 Å². The highest BCUT2D eigenvalue weighted by Crippen LogP contribution is 2.27. The summed E-state index contributed by atoms with van der Waals surface area (Å²) in [5.41, 5.74) is 1.16. The molecule has 12 heteroatoms. The number of nitrogens with zero attached hydrogens (tertiary/aromatic N) is 4. The fourth-order valence-corrected chi connectivity index (χ4v) is 5.78. The van der Waals surface area contributed by atoms with E-state index in [2.05, 4.69) is 58.9 Å². The summed E-state index contributed by atoms with van der Waals surface area (Å²) in [6.45, 7) is 21.0. The molecule has 1 fully saturated rings. The Hall–Kier alpha value is -1.86. The molecule has 3 heterocycles. The molecule has 1 aliphatic rings. The highest BCUT2D eigenvalue weighted by Gasteiger charge is 2.24. The molecule has 0 spiro atoms. The van der Waals surface area contributed by atoms with Gasteiger partial charge >= 0.3 is 0 Å². The lowest BCUT2D eigenvalue weighted by atomic mass is 10.2. The topological polar surface area (TPSA) is 107 Å². The van der Waals surface area contributed by atoms with Crippen LogP contribution in [0.1, 0.15) is 66.7 Å². The van der Waals surface area contributed by atoms with Gasteiger partial charge in [0.1, 0.15) is 26.7 Å². The third-order valence-corrected chi connectivity index (χ3v) is 8.44. The average Bonchev–Trinajstić information content (AvgIpc) is 3.57. The van der Waals surface area contributed by atoms with Gasteiger partial charge < -0.3 is 25.1 Å². The Labute approximate surface area is 240 Å². The fraction of sp³-hybridized carbons (Fsp3) is 0.615. The molecule has 9 nitrogen and oxygen atoms in total. The summed E-state index contributed by atoms with van der Waals surface area (Å²) in [7, 11) is -1.39. The van der Waals surface area contributed by atoms with E-state index in [4.69, 9.17) is 4.42 Å². The first-order valence-electron chi connectivity index (χ1n) is 13.2. The van der Waals surface area contributed by atoms with Crippen LogP contribution in [0.5, 0.6) is 0 Å². The van der Waals surface area contributed by atoms with Crippen molar-refractivity contribution in [2.24, 2.45) is 5.92 Å². The quantitative estimate of drug-likeness (QED) is 0.249. The van der Waals surface area contributed by atoms with Crippen molar-refractivity contribution < 1.29 is 13.7 Å². The molecule has 0 aromatic carbocycles. The van der Waals surface area contributed by atoms with Crippen LogP contribution in [0, 0.1) is 5.92 Å². The molecule has 3 rings (SSSR count). The van der Waals surface area contributed by atoms with E-state index in [1.807, 2.05) is 24.2 Å². The van der Waals surface area contributed by atoms with Crippen molar-refractivity contribution in [3.05, 3.63) is 45.3 Å². The lowest BCUT2D eigenvalue weighted by Gasteiger charge is -2.33. The molecule has 0 bridgehead atoms. The van der Waals surface area contributed by atoms with Crippen molar-refractivity contribution in [1.82, 2.24) is 18.0 Å². The van der Waals surface area contributed by atoms with E-state index in [1.54, 1.807) is 24.8 Å². The van der Waals surface area contributed by atoms with Crippen LogP contribution in [0.25, 0.3) is 0 Å². The van der Waals surface area contributed by atoms with E-state index in [-0.39, 0.29) is 5.76 Å². The first-order chi connectivity index (χ1) is 18.2. The summed E-state index contributed by atoms with van der Waals surface area (Å²) in [5, 5.41) is 18.1. The molecule has 0 amide bonds. The molecular formula is C26H46N6O3S3. The first-order valence-corrected chi connectivity index (χ1v) is 16.0. The van der Waals surface area contributed by atoms with Gasteiger partial charge in [-0.2, -0.15) is 8.75 Å². The van der Waals surface area contributed by atoms with E-state index in [0.29, 0.717) is 35.5 Å². The van der Waals surface area contributed by atoms with Gasteiger partial charge in [-0.25, -0.2) is 8.51 Å². The minimum atomic E-state index is -1.39.